The molecule has 5 aromatic rings. The average Bonchev–Trinajstić information content (AvgIpc) is 3.04. The summed E-state index contributed by atoms with van der Waals surface area (Å²) in [5.74, 6) is 0.275. The van der Waals surface area contributed by atoms with Gasteiger partial charge < -0.3 is 20.7 Å². The number of halogens is 2. The van der Waals surface area contributed by atoms with Gasteiger partial charge in [-0.2, -0.15) is 0 Å². The molecular formula is C35H31Cl2N5O5. The lowest BCUT2D eigenvalue weighted by Gasteiger charge is -2.18. The lowest BCUT2D eigenvalue weighted by molar-refractivity contribution is -0.384. The first-order chi connectivity index (χ1) is 22.6. The number of nitro groups is 1. The summed E-state index contributed by atoms with van der Waals surface area (Å²) in [7, 11) is 0. The Morgan fingerprint density at radius 3 is 2.45 bits per heavy atom. The molecule has 10 nitrogen and oxygen atoms in total. The molecule has 0 aliphatic carbocycles. The first kappa shape index (κ1) is 33.2. The van der Waals surface area contributed by atoms with Crippen LogP contribution in [0.15, 0.2) is 91.0 Å². The minimum atomic E-state index is -0.545. The smallest absolute Gasteiger partial charge is 0.323 e. The van der Waals surface area contributed by atoms with Crippen LogP contribution in [-0.2, 0) is 17.9 Å². The summed E-state index contributed by atoms with van der Waals surface area (Å²) < 4.78 is 6.13. The number of hydrogen-bond acceptors (Lipinski definition) is 6. The van der Waals surface area contributed by atoms with E-state index in [0.29, 0.717) is 32.7 Å². The number of aryl methyl sites for hydroxylation is 1. The zero-order valence-corrected chi connectivity index (χ0v) is 27.1. The molecule has 0 saturated heterocycles. The second-order valence-corrected chi connectivity index (χ2v) is 11.7. The fraction of sp³-hybridized carbons (Fsp3) is 0.171. The van der Waals surface area contributed by atoms with Gasteiger partial charge in [0, 0.05) is 58.1 Å². The van der Waals surface area contributed by atoms with E-state index in [9.17, 15) is 19.7 Å². The molecule has 12 heteroatoms. The maximum atomic E-state index is 12.9. The number of nitrogens with zero attached hydrogens (tertiary/aromatic N) is 2. The van der Waals surface area contributed by atoms with Crippen LogP contribution in [0.25, 0.3) is 10.9 Å². The van der Waals surface area contributed by atoms with Gasteiger partial charge in [0.15, 0.2) is 0 Å². The number of anilines is 2. The Labute approximate surface area is 281 Å². The third-order valence-electron chi connectivity index (χ3n) is 7.45. The van der Waals surface area contributed by atoms with Gasteiger partial charge in [0.2, 0.25) is 5.91 Å². The SMILES string of the molecule is Cc1ccc2cccc(OCc3c(Cl)ccc(C(C)CC(=O)NCc4ccc(NC(=O)Nc5cccc([N+](=O)[O-])c5)cc4)c3Cl)c2n1. The van der Waals surface area contributed by atoms with Gasteiger partial charge in [-0.1, -0.05) is 72.6 Å². The van der Waals surface area contributed by atoms with Crippen LogP contribution in [0.3, 0.4) is 0 Å². The number of ether oxygens (including phenoxy) is 1. The predicted molar refractivity (Wildman–Crippen MR) is 184 cm³/mol. The van der Waals surface area contributed by atoms with Crippen molar-refractivity contribution in [3.63, 3.8) is 0 Å². The molecule has 0 saturated carbocycles. The van der Waals surface area contributed by atoms with Gasteiger partial charge in [-0.3, -0.25) is 14.9 Å². The minimum Gasteiger partial charge on any atom is -0.487 e. The van der Waals surface area contributed by atoms with Crippen molar-refractivity contribution in [3.8, 4) is 5.75 Å². The van der Waals surface area contributed by atoms with Crippen molar-refractivity contribution >= 4 is 63.1 Å². The van der Waals surface area contributed by atoms with Crippen molar-refractivity contribution in [2.24, 2.45) is 0 Å². The van der Waals surface area contributed by atoms with E-state index in [0.717, 1.165) is 27.7 Å². The first-order valence-corrected chi connectivity index (χ1v) is 15.5. The van der Waals surface area contributed by atoms with E-state index in [1.807, 2.05) is 50.2 Å². The molecule has 240 valence electrons. The van der Waals surface area contributed by atoms with Crippen molar-refractivity contribution < 1.29 is 19.2 Å². The van der Waals surface area contributed by atoms with Gasteiger partial charge in [-0.25, -0.2) is 9.78 Å². The Morgan fingerprint density at radius 2 is 1.68 bits per heavy atom. The van der Waals surface area contributed by atoms with Gasteiger partial charge in [0.25, 0.3) is 5.69 Å². The highest BCUT2D eigenvalue weighted by Crippen LogP contribution is 2.35. The fourth-order valence-corrected chi connectivity index (χ4v) is 5.64. The van der Waals surface area contributed by atoms with E-state index in [1.165, 1.54) is 18.2 Å². The molecular weight excluding hydrogens is 641 g/mol. The summed E-state index contributed by atoms with van der Waals surface area (Å²) in [6, 6.07) is 25.3. The standard InChI is InChI=1S/C35H31Cl2N5O5/c1-21(28-15-16-30(36)29(33(28)37)20-47-31-8-3-5-24-12-9-22(2)39-34(24)31)17-32(43)38-19-23-10-13-25(14-11-23)40-35(44)41-26-6-4-7-27(18-26)42(45)46/h3-16,18,21H,17,19-20H2,1-2H3,(H,38,43)(H2,40,41,44). The van der Waals surface area contributed by atoms with Gasteiger partial charge in [-0.15, -0.1) is 0 Å². The molecule has 3 amide bonds. The van der Waals surface area contributed by atoms with E-state index in [1.54, 1.807) is 36.4 Å². The van der Waals surface area contributed by atoms with Gasteiger partial charge in [0.1, 0.15) is 17.9 Å². The quantitative estimate of drug-likeness (QED) is 0.0948. The molecule has 47 heavy (non-hydrogen) atoms. The molecule has 5 rings (SSSR count). The molecule has 0 aliphatic rings. The van der Waals surface area contributed by atoms with Crippen molar-refractivity contribution in [3.05, 3.63) is 134 Å². The number of nitrogens with one attached hydrogen (secondary N) is 3. The van der Waals surface area contributed by atoms with Gasteiger partial charge in [-0.05, 0) is 60.4 Å². The molecule has 0 fully saturated rings. The maximum Gasteiger partial charge on any atom is 0.323 e. The summed E-state index contributed by atoms with van der Waals surface area (Å²) in [5.41, 5.74) is 4.58. The van der Waals surface area contributed by atoms with Gasteiger partial charge in [0.05, 0.1) is 9.95 Å². The summed E-state index contributed by atoms with van der Waals surface area (Å²) in [4.78, 5) is 40.2. The number of rotatable bonds is 11. The number of carbonyl (C=O) groups is 2. The molecule has 0 bridgehead atoms. The molecule has 0 radical (unpaired) electrons. The van der Waals surface area contributed by atoms with Crippen molar-refractivity contribution in [1.29, 1.82) is 0 Å². The van der Waals surface area contributed by atoms with Crippen molar-refractivity contribution in [2.45, 2.75) is 39.3 Å². The monoisotopic (exact) mass is 671 g/mol. The Kier molecular flexibility index (Phi) is 10.5. The summed E-state index contributed by atoms with van der Waals surface area (Å²) in [5, 5.41) is 21.0. The Bertz CT molecular complexity index is 1950. The normalized spacial score (nSPS) is 11.5. The summed E-state index contributed by atoms with van der Waals surface area (Å²) in [6.45, 7) is 4.28. The predicted octanol–water partition coefficient (Wildman–Crippen LogP) is 8.79. The second-order valence-electron chi connectivity index (χ2n) is 11.0. The third kappa shape index (κ3) is 8.55. The third-order valence-corrected chi connectivity index (χ3v) is 8.25. The highest BCUT2D eigenvalue weighted by atomic mass is 35.5. The average molecular weight is 673 g/mol. The molecule has 1 aromatic heterocycles. The Balaban J connectivity index is 1.14. The van der Waals surface area contributed by atoms with Crippen LogP contribution in [0.2, 0.25) is 10.0 Å². The van der Waals surface area contributed by atoms with Crippen LogP contribution in [0.4, 0.5) is 21.9 Å². The number of fused-ring (bicyclic) bond motifs is 1. The minimum absolute atomic E-state index is 0.125. The van der Waals surface area contributed by atoms with Gasteiger partial charge >= 0.3 is 6.03 Å². The number of nitro benzene ring substituents is 1. The summed E-state index contributed by atoms with van der Waals surface area (Å²) in [6.07, 6.45) is 0.200. The molecule has 0 spiro atoms. The van der Waals surface area contributed by atoms with E-state index >= 15 is 0 Å². The number of hydrogen-bond donors (Lipinski definition) is 3. The lowest BCUT2D eigenvalue weighted by Crippen LogP contribution is -2.24. The first-order valence-electron chi connectivity index (χ1n) is 14.7. The van der Waals surface area contributed by atoms with Crippen LogP contribution < -0.4 is 20.7 Å². The number of benzene rings is 4. The number of amides is 3. The van der Waals surface area contributed by atoms with Crippen LogP contribution in [0, 0.1) is 17.0 Å². The van der Waals surface area contributed by atoms with E-state index in [-0.39, 0.29) is 37.1 Å². The highest BCUT2D eigenvalue weighted by Gasteiger charge is 2.19. The lowest BCUT2D eigenvalue weighted by atomic mass is 9.95. The molecule has 4 aromatic carbocycles. The number of para-hydroxylation sites is 1. The van der Waals surface area contributed by atoms with Crippen LogP contribution in [-0.4, -0.2) is 21.8 Å². The van der Waals surface area contributed by atoms with E-state index in [4.69, 9.17) is 27.9 Å². The zero-order valence-electron chi connectivity index (χ0n) is 25.6. The van der Waals surface area contributed by atoms with Crippen molar-refractivity contribution in [1.82, 2.24) is 10.3 Å². The zero-order chi connectivity index (χ0) is 33.5. The molecule has 1 unspecified atom stereocenters. The largest absolute Gasteiger partial charge is 0.487 e. The van der Waals surface area contributed by atoms with Crippen molar-refractivity contribution in [2.75, 3.05) is 10.6 Å². The van der Waals surface area contributed by atoms with Crippen LogP contribution in [0.1, 0.15) is 41.6 Å². The number of carbonyl (C=O) groups excluding carboxylic acids is 2. The molecule has 0 aliphatic heterocycles. The Hall–Kier alpha value is -5.19. The molecule has 3 N–H and O–H groups in total. The second kappa shape index (κ2) is 14.9. The Morgan fingerprint density at radius 1 is 0.936 bits per heavy atom. The van der Waals surface area contributed by atoms with Crippen LogP contribution >= 0.6 is 23.2 Å². The maximum absolute atomic E-state index is 12.9. The van der Waals surface area contributed by atoms with E-state index < -0.39 is 11.0 Å². The van der Waals surface area contributed by atoms with Crippen LogP contribution in [0.5, 0.6) is 5.75 Å². The molecule has 1 atom stereocenters. The number of non-ortho nitro benzene ring substituents is 1. The number of aromatic nitrogens is 1. The number of urea groups is 1. The summed E-state index contributed by atoms with van der Waals surface area (Å²) >= 11 is 13.3. The number of pyridine rings is 1. The highest BCUT2D eigenvalue weighted by molar-refractivity contribution is 6.36. The van der Waals surface area contributed by atoms with E-state index in [2.05, 4.69) is 20.9 Å². The topological polar surface area (TPSA) is 135 Å². The fourth-order valence-electron chi connectivity index (χ4n) is 4.97. The molecule has 1 heterocycles.